The summed E-state index contributed by atoms with van der Waals surface area (Å²) in [6.45, 7) is 1.82. The van der Waals surface area contributed by atoms with Gasteiger partial charge < -0.3 is 14.8 Å². The van der Waals surface area contributed by atoms with Gasteiger partial charge in [-0.3, -0.25) is 0 Å². The second kappa shape index (κ2) is 5.52. The Morgan fingerprint density at radius 3 is 2.64 bits per heavy atom. The number of fused-ring (bicyclic) bond motifs is 1. The molecule has 0 saturated carbocycles. The Hall–Kier alpha value is -2.82. The Morgan fingerprint density at radius 2 is 1.95 bits per heavy atom. The summed E-state index contributed by atoms with van der Waals surface area (Å²) in [4.78, 5) is 13.8. The van der Waals surface area contributed by atoms with Crippen molar-refractivity contribution in [3.8, 4) is 5.75 Å². The minimum atomic E-state index is -1.11. The number of aryl methyl sites for hydroxylation is 1. The Kier molecular flexibility index (Phi) is 3.55. The van der Waals surface area contributed by atoms with Gasteiger partial charge in [0.05, 0.1) is 0 Å². The van der Waals surface area contributed by atoms with Gasteiger partial charge in [-0.25, -0.2) is 9.18 Å². The normalized spacial score (nSPS) is 10.8. The van der Waals surface area contributed by atoms with Gasteiger partial charge in [0.2, 0.25) is 0 Å². The number of aromatic carboxylic acids is 1. The summed E-state index contributed by atoms with van der Waals surface area (Å²) >= 11 is 0. The highest BCUT2D eigenvalue weighted by atomic mass is 19.1. The highest BCUT2D eigenvalue weighted by molar-refractivity contribution is 5.97. The third-order valence-corrected chi connectivity index (χ3v) is 3.57. The predicted molar refractivity (Wildman–Crippen MR) is 80.7 cm³/mol. The van der Waals surface area contributed by atoms with Gasteiger partial charge in [0.15, 0.2) is 11.6 Å². The van der Waals surface area contributed by atoms with Crippen molar-refractivity contribution in [1.29, 1.82) is 0 Å². The molecule has 3 rings (SSSR count). The Bertz CT molecular complexity index is 840. The molecular weight excluding hydrogens is 285 g/mol. The van der Waals surface area contributed by atoms with Gasteiger partial charge in [0, 0.05) is 10.9 Å². The fourth-order valence-corrected chi connectivity index (χ4v) is 2.44. The second-order valence-corrected chi connectivity index (χ2v) is 5.00. The van der Waals surface area contributed by atoms with Crippen LogP contribution in [0.3, 0.4) is 0 Å². The zero-order valence-electron chi connectivity index (χ0n) is 11.9. The lowest BCUT2D eigenvalue weighted by Crippen LogP contribution is -1.98. The first kappa shape index (κ1) is 14.1. The van der Waals surface area contributed by atoms with Gasteiger partial charge in [-0.2, -0.15) is 0 Å². The average Bonchev–Trinajstić information content (AvgIpc) is 2.86. The smallest absolute Gasteiger partial charge is 0.352 e. The molecule has 0 aliphatic carbocycles. The van der Waals surface area contributed by atoms with Crippen LogP contribution < -0.4 is 4.74 Å². The van der Waals surface area contributed by atoms with Gasteiger partial charge in [-0.15, -0.1) is 0 Å². The van der Waals surface area contributed by atoms with E-state index in [4.69, 9.17) is 9.84 Å². The summed E-state index contributed by atoms with van der Waals surface area (Å²) in [5.41, 5.74) is 1.73. The van der Waals surface area contributed by atoms with Crippen LogP contribution in [0.2, 0.25) is 0 Å². The molecule has 112 valence electrons. The number of nitrogens with one attached hydrogen (secondary N) is 1. The van der Waals surface area contributed by atoms with E-state index in [1.54, 1.807) is 13.0 Å². The lowest BCUT2D eigenvalue weighted by atomic mass is 10.1. The van der Waals surface area contributed by atoms with Gasteiger partial charge in [0.1, 0.15) is 12.3 Å². The van der Waals surface area contributed by atoms with Crippen molar-refractivity contribution >= 4 is 16.9 Å². The van der Waals surface area contributed by atoms with Gasteiger partial charge >= 0.3 is 5.97 Å². The van der Waals surface area contributed by atoms with Gasteiger partial charge in [-0.1, -0.05) is 30.3 Å². The summed E-state index contributed by atoms with van der Waals surface area (Å²) in [5, 5.41) is 9.35. The van der Waals surface area contributed by atoms with Crippen molar-refractivity contribution in [3.05, 3.63) is 65.1 Å². The molecule has 0 spiro atoms. The fraction of sp³-hybridized carbons (Fsp3) is 0.118. The van der Waals surface area contributed by atoms with E-state index in [-0.39, 0.29) is 23.4 Å². The van der Waals surface area contributed by atoms with Crippen molar-refractivity contribution in [3.63, 3.8) is 0 Å². The SMILES string of the molecule is Cc1c(C(=O)O)[nH]c2ccc(OCc3ccccc3)c(F)c12. The molecule has 0 bridgehead atoms. The number of benzene rings is 2. The van der Waals surface area contributed by atoms with Crippen molar-refractivity contribution in [2.24, 2.45) is 0 Å². The quantitative estimate of drug-likeness (QED) is 0.768. The average molecular weight is 299 g/mol. The molecule has 0 saturated heterocycles. The van der Waals surface area contributed by atoms with Crippen LogP contribution in [-0.4, -0.2) is 16.1 Å². The van der Waals surface area contributed by atoms with Crippen LogP contribution in [0.1, 0.15) is 21.6 Å². The third-order valence-electron chi connectivity index (χ3n) is 3.57. The number of rotatable bonds is 4. The lowest BCUT2D eigenvalue weighted by molar-refractivity contribution is 0.0691. The molecule has 0 amide bonds. The van der Waals surface area contributed by atoms with Crippen molar-refractivity contribution in [2.45, 2.75) is 13.5 Å². The molecule has 0 atom stereocenters. The summed E-state index contributed by atoms with van der Waals surface area (Å²) in [7, 11) is 0. The second-order valence-electron chi connectivity index (χ2n) is 5.00. The minimum Gasteiger partial charge on any atom is -0.486 e. The van der Waals surface area contributed by atoms with Gasteiger partial charge in [0.25, 0.3) is 0 Å². The van der Waals surface area contributed by atoms with Gasteiger partial charge in [-0.05, 0) is 30.2 Å². The Labute approximate surface area is 126 Å². The first-order valence-electron chi connectivity index (χ1n) is 6.78. The number of carboxylic acid groups (broad SMARTS) is 1. The van der Waals surface area contributed by atoms with Crippen LogP contribution in [0.25, 0.3) is 10.9 Å². The van der Waals surface area contributed by atoms with Crippen LogP contribution in [-0.2, 0) is 6.61 Å². The third kappa shape index (κ3) is 2.41. The molecule has 5 heteroatoms. The highest BCUT2D eigenvalue weighted by Gasteiger charge is 2.19. The summed E-state index contributed by atoms with van der Waals surface area (Å²) in [6.07, 6.45) is 0. The largest absolute Gasteiger partial charge is 0.486 e. The molecule has 0 aliphatic heterocycles. The van der Waals surface area contributed by atoms with E-state index < -0.39 is 11.8 Å². The van der Waals surface area contributed by atoms with E-state index in [0.717, 1.165) is 5.56 Å². The number of carbonyl (C=O) groups is 1. The number of hydrogen-bond donors (Lipinski definition) is 2. The highest BCUT2D eigenvalue weighted by Crippen LogP contribution is 2.31. The minimum absolute atomic E-state index is 0.00545. The number of hydrogen-bond acceptors (Lipinski definition) is 2. The first-order valence-corrected chi connectivity index (χ1v) is 6.78. The topological polar surface area (TPSA) is 62.3 Å². The maximum atomic E-state index is 14.6. The zero-order chi connectivity index (χ0) is 15.7. The fourth-order valence-electron chi connectivity index (χ4n) is 2.44. The molecule has 1 heterocycles. The maximum absolute atomic E-state index is 14.6. The lowest BCUT2D eigenvalue weighted by Gasteiger charge is -2.08. The van der Waals surface area contributed by atoms with Crippen molar-refractivity contribution < 1.29 is 19.0 Å². The molecular formula is C17H14FNO3. The number of halogens is 1. The van der Waals surface area contributed by atoms with E-state index in [1.807, 2.05) is 30.3 Å². The molecule has 22 heavy (non-hydrogen) atoms. The molecule has 0 fully saturated rings. The summed E-state index contributed by atoms with van der Waals surface area (Å²) in [5.74, 6) is -1.55. The molecule has 0 unspecified atom stereocenters. The summed E-state index contributed by atoms with van der Waals surface area (Å²) < 4.78 is 20.1. The maximum Gasteiger partial charge on any atom is 0.352 e. The molecule has 2 N–H and O–H groups in total. The Morgan fingerprint density at radius 1 is 1.23 bits per heavy atom. The summed E-state index contributed by atoms with van der Waals surface area (Å²) in [6, 6.07) is 12.6. The van der Waals surface area contributed by atoms with E-state index >= 15 is 0 Å². The molecule has 0 aliphatic rings. The van der Waals surface area contributed by atoms with Crippen LogP contribution in [0, 0.1) is 12.7 Å². The van der Waals surface area contributed by atoms with Crippen LogP contribution in [0.15, 0.2) is 42.5 Å². The number of aromatic amines is 1. The number of aromatic nitrogens is 1. The number of H-pyrrole nitrogens is 1. The van der Waals surface area contributed by atoms with Crippen molar-refractivity contribution in [1.82, 2.24) is 4.98 Å². The van der Waals surface area contributed by atoms with Crippen LogP contribution in [0.4, 0.5) is 4.39 Å². The van der Waals surface area contributed by atoms with Crippen molar-refractivity contribution in [2.75, 3.05) is 0 Å². The van der Waals surface area contributed by atoms with E-state index in [9.17, 15) is 9.18 Å². The molecule has 0 radical (unpaired) electrons. The monoisotopic (exact) mass is 299 g/mol. The van der Waals surface area contributed by atoms with Crippen LogP contribution in [0.5, 0.6) is 5.75 Å². The zero-order valence-corrected chi connectivity index (χ0v) is 11.9. The molecule has 2 aromatic carbocycles. The molecule has 3 aromatic rings. The number of carboxylic acids is 1. The first-order chi connectivity index (χ1) is 10.6. The van der Waals surface area contributed by atoms with E-state index in [0.29, 0.717) is 11.1 Å². The predicted octanol–water partition coefficient (Wildman–Crippen LogP) is 3.89. The van der Waals surface area contributed by atoms with E-state index in [1.165, 1.54) is 6.07 Å². The Balaban J connectivity index is 1.96. The van der Waals surface area contributed by atoms with Crippen LogP contribution >= 0.6 is 0 Å². The van der Waals surface area contributed by atoms with E-state index in [2.05, 4.69) is 4.98 Å². The standard InChI is InChI=1S/C17H14FNO3/c1-10-14-12(19-16(10)17(20)21)7-8-13(15(14)18)22-9-11-5-3-2-4-6-11/h2-8,19H,9H2,1H3,(H,20,21). The molecule has 1 aromatic heterocycles. The number of ether oxygens (including phenoxy) is 1. The molecule has 4 nitrogen and oxygen atoms in total.